The van der Waals surface area contributed by atoms with Crippen LogP contribution in [0.1, 0.15) is 24.0 Å². The highest BCUT2D eigenvalue weighted by molar-refractivity contribution is 5.81. The van der Waals surface area contributed by atoms with Gasteiger partial charge in [0.15, 0.2) is 0 Å². The van der Waals surface area contributed by atoms with Gasteiger partial charge in [-0.3, -0.25) is 4.79 Å². The van der Waals surface area contributed by atoms with E-state index in [1.54, 1.807) is 13.0 Å². The summed E-state index contributed by atoms with van der Waals surface area (Å²) in [5, 5.41) is 4.15. The first kappa shape index (κ1) is 17.9. The zero-order chi connectivity index (χ0) is 18.7. The Morgan fingerprint density at radius 1 is 1.23 bits per heavy atom. The zero-order valence-electron chi connectivity index (χ0n) is 15.0. The lowest BCUT2D eigenvalue weighted by Gasteiger charge is -2.15. The second-order valence-electron chi connectivity index (χ2n) is 6.32. The fraction of sp³-hybridized carbons (Fsp3) is 0.316. The fourth-order valence-corrected chi connectivity index (χ4v) is 2.69. The molecule has 1 aromatic carbocycles. The summed E-state index contributed by atoms with van der Waals surface area (Å²) in [6.07, 6.45) is 0. The van der Waals surface area contributed by atoms with Crippen molar-refractivity contribution in [1.82, 2.24) is 15.3 Å². The van der Waals surface area contributed by atoms with Crippen molar-refractivity contribution >= 4 is 11.0 Å². The molecule has 0 amide bonds. The molecule has 0 saturated carbocycles. The fourth-order valence-electron chi connectivity index (χ4n) is 2.69. The Hall–Kier alpha value is -2.93. The molecule has 3 rings (SSSR count). The number of aryl methyl sites for hydroxylation is 2. The van der Waals surface area contributed by atoms with Gasteiger partial charge in [0.05, 0.1) is 5.69 Å². The van der Waals surface area contributed by atoms with E-state index in [0.717, 1.165) is 10.9 Å². The van der Waals surface area contributed by atoms with Gasteiger partial charge in [-0.25, -0.2) is 9.78 Å². The normalized spacial score (nSPS) is 12.3. The molecular weight excluding hydrogens is 334 g/mol. The van der Waals surface area contributed by atoms with E-state index in [2.05, 4.69) is 15.3 Å². The number of aromatic nitrogens is 2. The number of hydrogen-bond donors (Lipinski definition) is 2. The number of hydrogen-bond acceptors (Lipinski definition) is 6. The van der Waals surface area contributed by atoms with Gasteiger partial charge in [0.25, 0.3) is 5.56 Å². The highest BCUT2D eigenvalue weighted by Gasteiger charge is 2.07. The first-order valence-corrected chi connectivity index (χ1v) is 8.38. The van der Waals surface area contributed by atoms with Crippen molar-refractivity contribution in [1.29, 1.82) is 0 Å². The van der Waals surface area contributed by atoms with Crippen LogP contribution >= 0.6 is 0 Å². The number of aromatic amines is 1. The van der Waals surface area contributed by atoms with Crippen LogP contribution in [-0.4, -0.2) is 22.6 Å². The van der Waals surface area contributed by atoms with Gasteiger partial charge >= 0.3 is 5.63 Å². The van der Waals surface area contributed by atoms with Gasteiger partial charge in [0.1, 0.15) is 23.8 Å². The van der Waals surface area contributed by atoms with E-state index in [9.17, 15) is 9.59 Å². The van der Waals surface area contributed by atoms with E-state index in [4.69, 9.17) is 9.15 Å². The average Bonchev–Trinajstić information content (AvgIpc) is 2.57. The molecule has 3 aromatic rings. The summed E-state index contributed by atoms with van der Waals surface area (Å²) < 4.78 is 11.0. The molecule has 0 saturated heterocycles. The van der Waals surface area contributed by atoms with Crippen molar-refractivity contribution in [2.24, 2.45) is 0 Å². The molecule has 1 unspecified atom stereocenters. The molecule has 1 atom stereocenters. The molecule has 7 heteroatoms. The minimum absolute atomic E-state index is 0.0385. The monoisotopic (exact) mass is 355 g/mol. The number of nitrogens with one attached hydrogen (secondary N) is 2. The maximum absolute atomic E-state index is 11.5. The summed E-state index contributed by atoms with van der Waals surface area (Å²) in [6.45, 7) is 6.49. The zero-order valence-corrected chi connectivity index (χ0v) is 15.0. The van der Waals surface area contributed by atoms with E-state index in [1.165, 1.54) is 12.1 Å². The number of H-pyrrole nitrogens is 1. The summed E-state index contributed by atoms with van der Waals surface area (Å²) >= 11 is 0. The molecule has 2 N–H and O–H groups in total. The number of nitrogens with zero attached hydrogens (tertiary/aromatic N) is 1. The molecule has 7 nitrogen and oxygen atoms in total. The second kappa shape index (κ2) is 7.53. The molecule has 26 heavy (non-hydrogen) atoms. The molecular formula is C19H21N3O4. The Morgan fingerprint density at radius 2 is 2.04 bits per heavy atom. The molecule has 0 fully saturated rings. The summed E-state index contributed by atoms with van der Waals surface area (Å²) in [5.74, 6) is 1.22. The lowest BCUT2D eigenvalue weighted by Crippen LogP contribution is -2.32. The van der Waals surface area contributed by atoms with E-state index in [0.29, 0.717) is 36.0 Å². The van der Waals surface area contributed by atoms with Gasteiger partial charge in [-0.05, 0) is 38.5 Å². The van der Waals surface area contributed by atoms with Gasteiger partial charge in [-0.2, -0.15) is 0 Å². The predicted octanol–water partition coefficient (Wildman–Crippen LogP) is 2.05. The third-order valence-corrected chi connectivity index (χ3v) is 3.97. The number of ether oxygens (including phenoxy) is 1. The van der Waals surface area contributed by atoms with E-state index >= 15 is 0 Å². The summed E-state index contributed by atoms with van der Waals surface area (Å²) in [5.41, 5.74) is 1.53. The van der Waals surface area contributed by atoms with Crippen LogP contribution in [0.25, 0.3) is 11.0 Å². The van der Waals surface area contributed by atoms with Crippen LogP contribution in [0.5, 0.6) is 5.75 Å². The maximum Gasteiger partial charge on any atom is 0.336 e. The maximum atomic E-state index is 11.5. The van der Waals surface area contributed by atoms with Crippen molar-refractivity contribution in [3.05, 3.63) is 68.2 Å². The van der Waals surface area contributed by atoms with Crippen molar-refractivity contribution in [3.8, 4) is 5.75 Å². The molecule has 0 aliphatic carbocycles. The average molecular weight is 355 g/mol. The first-order valence-electron chi connectivity index (χ1n) is 8.38. The summed E-state index contributed by atoms with van der Waals surface area (Å²) in [6, 6.07) is 8.43. The third-order valence-electron chi connectivity index (χ3n) is 3.97. The molecule has 0 spiro atoms. The number of benzene rings is 1. The first-order chi connectivity index (χ1) is 12.4. The van der Waals surface area contributed by atoms with Crippen LogP contribution in [0.4, 0.5) is 0 Å². The lowest BCUT2D eigenvalue weighted by molar-refractivity contribution is 0.272. The van der Waals surface area contributed by atoms with Crippen LogP contribution in [0.2, 0.25) is 0 Å². The topological polar surface area (TPSA) is 97.2 Å². The number of rotatable bonds is 6. The molecule has 0 aliphatic rings. The SMILES string of the molecule is Cc1nc(CNC(C)COc2ccc3c(C)cc(=O)oc3c2)cc(=O)[nH]1. The van der Waals surface area contributed by atoms with Crippen molar-refractivity contribution in [2.45, 2.75) is 33.4 Å². The van der Waals surface area contributed by atoms with Gasteiger partial charge in [0.2, 0.25) is 0 Å². The molecule has 0 aliphatic heterocycles. The highest BCUT2D eigenvalue weighted by Crippen LogP contribution is 2.22. The largest absolute Gasteiger partial charge is 0.492 e. The minimum Gasteiger partial charge on any atom is -0.492 e. The third kappa shape index (κ3) is 4.37. The molecule has 0 radical (unpaired) electrons. The van der Waals surface area contributed by atoms with Crippen LogP contribution in [0, 0.1) is 13.8 Å². The van der Waals surface area contributed by atoms with Crippen molar-refractivity contribution in [2.75, 3.05) is 6.61 Å². The minimum atomic E-state index is -0.372. The van der Waals surface area contributed by atoms with Gasteiger partial charge in [0, 0.05) is 36.2 Å². The quantitative estimate of drug-likeness (QED) is 0.657. The van der Waals surface area contributed by atoms with Gasteiger partial charge < -0.3 is 19.5 Å². The molecule has 136 valence electrons. The molecule has 2 heterocycles. The lowest BCUT2D eigenvalue weighted by atomic mass is 10.1. The van der Waals surface area contributed by atoms with Crippen LogP contribution in [-0.2, 0) is 6.54 Å². The number of fused-ring (bicyclic) bond motifs is 1. The Labute approximate surface area is 150 Å². The van der Waals surface area contributed by atoms with E-state index < -0.39 is 0 Å². The Kier molecular flexibility index (Phi) is 5.18. The summed E-state index contributed by atoms with van der Waals surface area (Å²) in [4.78, 5) is 29.8. The smallest absolute Gasteiger partial charge is 0.336 e. The molecule has 2 aromatic heterocycles. The second-order valence-corrected chi connectivity index (χ2v) is 6.32. The van der Waals surface area contributed by atoms with Crippen molar-refractivity contribution < 1.29 is 9.15 Å². The Morgan fingerprint density at radius 3 is 2.81 bits per heavy atom. The van der Waals surface area contributed by atoms with E-state index in [1.807, 2.05) is 26.0 Å². The Bertz CT molecular complexity index is 1040. The van der Waals surface area contributed by atoms with Gasteiger partial charge in [-0.15, -0.1) is 0 Å². The Balaban J connectivity index is 1.60. The van der Waals surface area contributed by atoms with Crippen molar-refractivity contribution in [3.63, 3.8) is 0 Å². The van der Waals surface area contributed by atoms with Gasteiger partial charge in [-0.1, -0.05) is 0 Å². The van der Waals surface area contributed by atoms with Crippen LogP contribution in [0.3, 0.4) is 0 Å². The summed E-state index contributed by atoms with van der Waals surface area (Å²) in [7, 11) is 0. The van der Waals surface area contributed by atoms with E-state index in [-0.39, 0.29) is 17.2 Å². The highest BCUT2D eigenvalue weighted by atomic mass is 16.5. The predicted molar refractivity (Wildman–Crippen MR) is 98.6 cm³/mol. The standard InChI is InChI=1S/C19H21N3O4/c1-11-6-19(24)26-17-8-15(4-5-16(11)17)25-10-12(2)20-9-14-7-18(23)22-13(3)21-14/h4-8,12,20H,9-10H2,1-3H3,(H,21,22,23). The van der Waals surface area contributed by atoms with Crippen LogP contribution < -0.4 is 21.2 Å². The van der Waals surface area contributed by atoms with Crippen LogP contribution in [0.15, 0.2) is 44.3 Å². The molecule has 0 bridgehead atoms.